The van der Waals surface area contributed by atoms with Gasteiger partial charge >= 0.3 is 0 Å². The first kappa shape index (κ1) is 13.4. The van der Waals surface area contributed by atoms with Crippen molar-refractivity contribution in [1.29, 1.82) is 0 Å². The van der Waals surface area contributed by atoms with Crippen molar-refractivity contribution in [2.24, 2.45) is 11.7 Å². The summed E-state index contributed by atoms with van der Waals surface area (Å²) in [5, 5.41) is 3.71. The second-order valence-corrected chi connectivity index (χ2v) is 5.19. The van der Waals surface area contributed by atoms with E-state index < -0.39 is 0 Å². The van der Waals surface area contributed by atoms with Crippen molar-refractivity contribution < 1.29 is 4.74 Å². The number of hydrogen-bond acceptors (Lipinski definition) is 3. The molecule has 1 aromatic carbocycles. The first-order valence-electron chi connectivity index (χ1n) is 6.84. The molecule has 3 atom stereocenters. The van der Waals surface area contributed by atoms with E-state index in [9.17, 15) is 0 Å². The molecule has 2 rings (SSSR count). The Morgan fingerprint density at radius 3 is 2.67 bits per heavy atom. The first-order valence-corrected chi connectivity index (χ1v) is 6.84. The summed E-state index contributed by atoms with van der Waals surface area (Å²) in [6.07, 6.45) is 3.82. The zero-order chi connectivity index (χ0) is 13.0. The maximum Gasteiger partial charge on any atom is 0.118 e. The van der Waals surface area contributed by atoms with Crippen LogP contribution in [0.25, 0.3) is 0 Å². The number of rotatable bonds is 5. The van der Waals surface area contributed by atoms with Gasteiger partial charge in [-0.1, -0.05) is 18.6 Å². The molecule has 3 heteroatoms. The second-order valence-electron chi connectivity index (χ2n) is 5.19. The van der Waals surface area contributed by atoms with E-state index in [0.717, 1.165) is 12.3 Å². The molecule has 0 aromatic heterocycles. The molecule has 100 valence electrons. The Bertz CT molecular complexity index is 363. The van der Waals surface area contributed by atoms with Crippen LogP contribution in [0.15, 0.2) is 24.3 Å². The van der Waals surface area contributed by atoms with Gasteiger partial charge in [-0.3, -0.25) is 0 Å². The monoisotopic (exact) mass is 248 g/mol. The molecule has 0 bridgehead atoms. The molecule has 0 saturated heterocycles. The predicted octanol–water partition coefficient (Wildman–Crippen LogP) is 2.47. The number of benzene rings is 1. The minimum absolute atomic E-state index is 0.369. The van der Waals surface area contributed by atoms with E-state index in [1.807, 2.05) is 12.1 Å². The molecule has 2 unspecified atom stereocenters. The minimum atomic E-state index is 0.369. The molecule has 18 heavy (non-hydrogen) atoms. The third kappa shape index (κ3) is 3.03. The van der Waals surface area contributed by atoms with Crippen LogP contribution in [0.4, 0.5) is 0 Å². The summed E-state index contributed by atoms with van der Waals surface area (Å²) < 4.78 is 5.18. The number of hydrogen-bond donors (Lipinski definition) is 2. The molecule has 1 aromatic rings. The Labute approximate surface area is 110 Å². The number of nitrogens with two attached hydrogens (primary N) is 1. The maximum atomic E-state index is 5.82. The van der Waals surface area contributed by atoms with E-state index >= 15 is 0 Å². The lowest BCUT2D eigenvalue weighted by Gasteiger charge is -2.24. The number of ether oxygens (including phenoxy) is 1. The van der Waals surface area contributed by atoms with Gasteiger partial charge in [0.25, 0.3) is 0 Å². The van der Waals surface area contributed by atoms with Crippen LogP contribution in [0.1, 0.15) is 37.8 Å². The van der Waals surface area contributed by atoms with Gasteiger partial charge in [-0.05, 0) is 49.9 Å². The molecule has 0 heterocycles. The van der Waals surface area contributed by atoms with Gasteiger partial charge in [0.05, 0.1) is 7.11 Å². The van der Waals surface area contributed by atoms with Gasteiger partial charge in [0, 0.05) is 12.1 Å². The number of nitrogens with one attached hydrogen (secondary N) is 1. The zero-order valence-electron chi connectivity index (χ0n) is 11.4. The van der Waals surface area contributed by atoms with Gasteiger partial charge in [0.1, 0.15) is 5.75 Å². The van der Waals surface area contributed by atoms with E-state index in [2.05, 4.69) is 24.4 Å². The topological polar surface area (TPSA) is 47.3 Å². The summed E-state index contributed by atoms with van der Waals surface area (Å²) in [6.45, 7) is 3.01. The van der Waals surface area contributed by atoms with Gasteiger partial charge in [0.15, 0.2) is 0 Å². The van der Waals surface area contributed by atoms with Crippen LogP contribution in [-0.4, -0.2) is 19.7 Å². The van der Waals surface area contributed by atoms with Crippen molar-refractivity contribution >= 4 is 0 Å². The van der Waals surface area contributed by atoms with Crippen LogP contribution in [-0.2, 0) is 0 Å². The maximum absolute atomic E-state index is 5.82. The molecule has 1 aliphatic carbocycles. The second kappa shape index (κ2) is 6.21. The third-order valence-corrected chi connectivity index (χ3v) is 4.04. The smallest absolute Gasteiger partial charge is 0.118 e. The Hall–Kier alpha value is -1.06. The van der Waals surface area contributed by atoms with E-state index in [-0.39, 0.29) is 0 Å². The summed E-state index contributed by atoms with van der Waals surface area (Å²) in [7, 11) is 1.70. The summed E-state index contributed by atoms with van der Waals surface area (Å²) in [5.41, 5.74) is 7.12. The molecule has 0 amide bonds. The van der Waals surface area contributed by atoms with Gasteiger partial charge in [-0.15, -0.1) is 0 Å². The standard InChI is InChI=1S/C15H24N2O/c1-11(12-6-8-14(18-2)9-7-12)17-15-5-3-4-13(15)10-16/h6-9,11,13,15,17H,3-5,10,16H2,1-2H3/t11-,13?,15?/m1/s1. The number of methoxy groups -OCH3 is 1. The van der Waals surface area contributed by atoms with Gasteiger partial charge in [-0.2, -0.15) is 0 Å². The summed E-state index contributed by atoms with van der Waals surface area (Å²) in [5.74, 6) is 1.55. The Balaban J connectivity index is 1.95. The minimum Gasteiger partial charge on any atom is -0.497 e. The fraction of sp³-hybridized carbons (Fsp3) is 0.600. The lowest BCUT2D eigenvalue weighted by atomic mass is 10.0. The zero-order valence-corrected chi connectivity index (χ0v) is 11.4. The van der Waals surface area contributed by atoms with Crippen LogP contribution in [0.3, 0.4) is 0 Å². The normalized spacial score (nSPS) is 25.1. The molecule has 3 N–H and O–H groups in total. The lowest BCUT2D eigenvalue weighted by molar-refractivity contribution is 0.373. The SMILES string of the molecule is COc1ccc([C@@H](C)NC2CCCC2CN)cc1. The van der Waals surface area contributed by atoms with Crippen molar-refractivity contribution in [2.75, 3.05) is 13.7 Å². The van der Waals surface area contributed by atoms with Crippen LogP contribution in [0.2, 0.25) is 0 Å². The van der Waals surface area contributed by atoms with Gasteiger partial charge in [-0.25, -0.2) is 0 Å². The van der Waals surface area contributed by atoms with Crippen molar-refractivity contribution in [2.45, 2.75) is 38.3 Å². The summed E-state index contributed by atoms with van der Waals surface area (Å²) >= 11 is 0. The van der Waals surface area contributed by atoms with Crippen molar-refractivity contribution in [1.82, 2.24) is 5.32 Å². The molecule has 1 fully saturated rings. The van der Waals surface area contributed by atoms with Crippen LogP contribution >= 0.6 is 0 Å². The molecule has 1 aliphatic rings. The van der Waals surface area contributed by atoms with E-state index in [4.69, 9.17) is 10.5 Å². The molecule has 0 spiro atoms. The van der Waals surface area contributed by atoms with Gasteiger partial charge < -0.3 is 15.8 Å². The third-order valence-electron chi connectivity index (χ3n) is 4.04. The molecule has 3 nitrogen and oxygen atoms in total. The molecule has 0 aliphatic heterocycles. The summed E-state index contributed by atoms with van der Waals surface area (Å²) in [6, 6.07) is 9.23. The highest BCUT2D eigenvalue weighted by molar-refractivity contribution is 5.28. The summed E-state index contributed by atoms with van der Waals surface area (Å²) in [4.78, 5) is 0. The highest BCUT2D eigenvalue weighted by atomic mass is 16.5. The van der Waals surface area contributed by atoms with Crippen molar-refractivity contribution in [3.8, 4) is 5.75 Å². The van der Waals surface area contributed by atoms with Gasteiger partial charge in [0.2, 0.25) is 0 Å². The first-order chi connectivity index (χ1) is 8.74. The predicted molar refractivity (Wildman–Crippen MR) is 74.7 cm³/mol. The largest absolute Gasteiger partial charge is 0.497 e. The fourth-order valence-electron chi connectivity index (χ4n) is 2.85. The van der Waals surface area contributed by atoms with E-state index in [0.29, 0.717) is 18.0 Å². The Kier molecular flexibility index (Phi) is 4.61. The van der Waals surface area contributed by atoms with Crippen LogP contribution in [0, 0.1) is 5.92 Å². The van der Waals surface area contributed by atoms with Crippen LogP contribution in [0.5, 0.6) is 5.75 Å². The molecule has 0 radical (unpaired) electrons. The lowest BCUT2D eigenvalue weighted by Crippen LogP contribution is -2.37. The van der Waals surface area contributed by atoms with E-state index in [1.165, 1.54) is 24.8 Å². The Morgan fingerprint density at radius 2 is 2.06 bits per heavy atom. The highest BCUT2D eigenvalue weighted by Gasteiger charge is 2.27. The van der Waals surface area contributed by atoms with Crippen molar-refractivity contribution in [3.05, 3.63) is 29.8 Å². The van der Waals surface area contributed by atoms with Crippen molar-refractivity contribution in [3.63, 3.8) is 0 Å². The Morgan fingerprint density at radius 1 is 1.33 bits per heavy atom. The van der Waals surface area contributed by atoms with E-state index in [1.54, 1.807) is 7.11 Å². The molecular formula is C15H24N2O. The molecule has 1 saturated carbocycles. The highest BCUT2D eigenvalue weighted by Crippen LogP contribution is 2.27. The molecular weight excluding hydrogens is 224 g/mol. The average molecular weight is 248 g/mol. The average Bonchev–Trinajstić information content (AvgIpc) is 2.86. The quantitative estimate of drug-likeness (QED) is 0.841. The fourth-order valence-corrected chi connectivity index (χ4v) is 2.85. The van der Waals surface area contributed by atoms with Crippen LogP contribution < -0.4 is 15.8 Å².